The molecule has 0 saturated carbocycles. The highest BCUT2D eigenvalue weighted by Crippen LogP contribution is 2.33. The van der Waals surface area contributed by atoms with Crippen LogP contribution in [-0.2, 0) is 9.53 Å². The Labute approximate surface area is 159 Å². The average Bonchev–Trinajstić information content (AvgIpc) is 3.40. The van der Waals surface area contributed by atoms with Crippen LogP contribution in [0.3, 0.4) is 0 Å². The van der Waals surface area contributed by atoms with E-state index in [0.29, 0.717) is 43.7 Å². The van der Waals surface area contributed by atoms with Crippen molar-refractivity contribution in [2.45, 2.75) is 31.2 Å². The van der Waals surface area contributed by atoms with Crippen LogP contribution in [0.5, 0.6) is 0 Å². The number of ether oxygens (including phenoxy) is 1. The minimum absolute atomic E-state index is 0.0604. The van der Waals surface area contributed by atoms with Gasteiger partial charge in [-0.15, -0.1) is 5.10 Å². The molecular weight excluding hydrogens is 346 g/mol. The SMILES string of the molecule is COCCN1C[C@H](c2nc(-c3ccco3)nn2C2CCN(C)CC2)CC1=O. The zero-order chi connectivity index (χ0) is 18.8. The molecule has 0 N–H and O–H groups in total. The number of likely N-dealkylation sites (tertiary alicyclic amines) is 2. The van der Waals surface area contributed by atoms with Gasteiger partial charge in [-0.2, -0.15) is 0 Å². The molecule has 8 nitrogen and oxygen atoms in total. The second-order valence-electron chi connectivity index (χ2n) is 7.48. The molecule has 2 saturated heterocycles. The van der Waals surface area contributed by atoms with Crippen LogP contribution in [0.25, 0.3) is 11.6 Å². The lowest BCUT2D eigenvalue weighted by Crippen LogP contribution is -2.33. The number of carbonyl (C=O) groups excluding carboxylic acids is 1. The smallest absolute Gasteiger partial charge is 0.223 e. The summed E-state index contributed by atoms with van der Waals surface area (Å²) in [6.45, 7) is 3.94. The molecule has 1 atom stereocenters. The second kappa shape index (κ2) is 7.82. The van der Waals surface area contributed by atoms with Gasteiger partial charge in [-0.05, 0) is 45.1 Å². The predicted molar refractivity (Wildman–Crippen MR) is 99.3 cm³/mol. The number of nitrogens with zero attached hydrogens (tertiary/aromatic N) is 5. The number of carbonyl (C=O) groups is 1. The molecule has 0 unspecified atom stereocenters. The lowest BCUT2D eigenvalue weighted by molar-refractivity contribution is -0.128. The van der Waals surface area contributed by atoms with E-state index in [0.717, 1.165) is 31.8 Å². The number of amides is 1. The highest BCUT2D eigenvalue weighted by molar-refractivity contribution is 5.79. The Morgan fingerprint density at radius 3 is 2.85 bits per heavy atom. The van der Waals surface area contributed by atoms with Crippen molar-refractivity contribution >= 4 is 5.91 Å². The van der Waals surface area contributed by atoms with Gasteiger partial charge in [-0.3, -0.25) is 4.79 Å². The van der Waals surface area contributed by atoms with E-state index in [4.69, 9.17) is 19.2 Å². The molecule has 2 fully saturated rings. The van der Waals surface area contributed by atoms with Gasteiger partial charge in [0.2, 0.25) is 11.7 Å². The summed E-state index contributed by atoms with van der Waals surface area (Å²) in [4.78, 5) is 21.4. The fourth-order valence-electron chi connectivity index (χ4n) is 3.99. The zero-order valence-corrected chi connectivity index (χ0v) is 16.0. The monoisotopic (exact) mass is 373 g/mol. The van der Waals surface area contributed by atoms with Crippen LogP contribution < -0.4 is 0 Å². The van der Waals surface area contributed by atoms with E-state index in [2.05, 4.69) is 16.6 Å². The minimum atomic E-state index is 0.0604. The van der Waals surface area contributed by atoms with Gasteiger partial charge in [0.05, 0.1) is 18.9 Å². The van der Waals surface area contributed by atoms with Crippen molar-refractivity contribution in [2.24, 2.45) is 0 Å². The Balaban J connectivity index is 1.61. The number of aromatic nitrogens is 3. The van der Waals surface area contributed by atoms with Crippen LogP contribution in [0, 0.1) is 0 Å². The van der Waals surface area contributed by atoms with Gasteiger partial charge in [0.1, 0.15) is 5.82 Å². The second-order valence-corrected chi connectivity index (χ2v) is 7.48. The summed E-state index contributed by atoms with van der Waals surface area (Å²) in [5.74, 6) is 2.41. The van der Waals surface area contributed by atoms with E-state index in [1.807, 2.05) is 17.0 Å². The van der Waals surface area contributed by atoms with E-state index in [1.165, 1.54) is 0 Å². The van der Waals surface area contributed by atoms with Gasteiger partial charge in [0.15, 0.2) is 5.76 Å². The highest BCUT2D eigenvalue weighted by Gasteiger charge is 2.36. The zero-order valence-electron chi connectivity index (χ0n) is 16.0. The van der Waals surface area contributed by atoms with Gasteiger partial charge < -0.3 is 19.0 Å². The first-order valence-electron chi connectivity index (χ1n) is 9.61. The molecule has 2 aliphatic rings. The number of rotatable bonds is 6. The molecule has 4 heterocycles. The van der Waals surface area contributed by atoms with Crippen molar-refractivity contribution in [3.05, 3.63) is 24.2 Å². The van der Waals surface area contributed by atoms with Gasteiger partial charge in [-0.25, -0.2) is 9.67 Å². The third kappa shape index (κ3) is 3.77. The Morgan fingerprint density at radius 1 is 1.33 bits per heavy atom. The summed E-state index contributed by atoms with van der Waals surface area (Å²) >= 11 is 0. The molecule has 1 amide bonds. The molecule has 4 rings (SSSR count). The Bertz CT molecular complexity index is 764. The lowest BCUT2D eigenvalue weighted by Gasteiger charge is -2.30. The van der Waals surface area contributed by atoms with Crippen molar-refractivity contribution in [3.63, 3.8) is 0 Å². The number of hydrogen-bond donors (Lipinski definition) is 0. The Hall–Kier alpha value is -2.19. The van der Waals surface area contributed by atoms with Crippen molar-refractivity contribution in [3.8, 4) is 11.6 Å². The van der Waals surface area contributed by atoms with Gasteiger partial charge in [0.25, 0.3) is 0 Å². The first-order valence-corrected chi connectivity index (χ1v) is 9.61. The summed E-state index contributed by atoms with van der Waals surface area (Å²) < 4.78 is 12.7. The van der Waals surface area contributed by atoms with Crippen LogP contribution in [-0.4, -0.2) is 77.4 Å². The molecule has 0 aliphatic carbocycles. The van der Waals surface area contributed by atoms with Crippen LogP contribution in [0.15, 0.2) is 22.8 Å². The van der Waals surface area contributed by atoms with E-state index >= 15 is 0 Å². The normalized spacial score (nSPS) is 22.1. The topological polar surface area (TPSA) is 76.6 Å². The summed E-state index contributed by atoms with van der Waals surface area (Å²) in [7, 11) is 3.81. The molecule has 0 radical (unpaired) electrons. The summed E-state index contributed by atoms with van der Waals surface area (Å²) in [6.07, 6.45) is 4.19. The maximum atomic E-state index is 12.4. The van der Waals surface area contributed by atoms with Gasteiger partial charge in [0, 0.05) is 32.5 Å². The van der Waals surface area contributed by atoms with E-state index in [9.17, 15) is 4.79 Å². The fraction of sp³-hybridized carbons (Fsp3) is 0.632. The van der Waals surface area contributed by atoms with E-state index in [-0.39, 0.29) is 11.8 Å². The quantitative estimate of drug-likeness (QED) is 0.768. The molecule has 8 heteroatoms. The Morgan fingerprint density at radius 2 is 2.15 bits per heavy atom. The largest absolute Gasteiger partial charge is 0.461 e. The summed E-state index contributed by atoms with van der Waals surface area (Å²) in [5, 5.41) is 4.80. The molecular formula is C19H27N5O3. The fourth-order valence-corrected chi connectivity index (χ4v) is 3.99. The van der Waals surface area contributed by atoms with Crippen molar-refractivity contribution in [1.82, 2.24) is 24.6 Å². The number of methoxy groups -OCH3 is 1. The first kappa shape index (κ1) is 18.2. The molecule has 2 aromatic heterocycles. The van der Waals surface area contributed by atoms with Crippen LogP contribution in [0.1, 0.15) is 37.0 Å². The third-order valence-corrected chi connectivity index (χ3v) is 5.58. The predicted octanol–water partition coefficient (Wildman–Crippen LogP) is 1.77. The molecule has 27 heavy (non-hydrogen) atoms. The summed E-state index contributed by atoms with van der Waals surface area (Å²) in [5.41, 5.74) is 0. The van der Waals surface area contributed by atoms with Crippen molar-refractivity contribution < 1.29 is 13.9 Å². The van der Waals surface area contributed by atoms with Crippen LogP contribution in [0.4, 0.5) is 0 Å². The van der Waals surface area contributed by atoms with Crippen molar-refractivity contribution in [1.29, 1.82) is 0 Å². The van der Waals surface area contributed by atoms with E-state index < -0.39 is 0 Å². The maximum absolute atomic E-state index is 12.4. The number of piperidine rings is 1. The van der Waals surface area contributed by atoms with E-state index in [1.54, 1.807) is 13.4 Å². The highest BCUT2D eigenvalue weighted by atomic mass is 16.5. The van der Waals surface area contributed by atoms with Gasteiger partial charge in [-0.1, -0.05) is 0 Å². The third-order valence-electron chi connectivity index (χ3n) is 5.58. The van der Waals surface area contributed by atoms with Crippen LogP contribution >= 0.6 is 0 Å². The maximum Gasteiger partial charge on any atom is 0.223 e. The molecule has 2 aliphatic heterocycles. The van der Waals surface area contributed by atoms with Gasteiger partial charge >= 0.3 is 0 Å². The number of hydrogen-bond acceptors (Lipinski definition) is 6. The summed E-state index contributed by atoms with van der Waals surface area (Å²) in [6, 6.07) is 4.04. The molecule has 146 valence electrons. The first-order chi connectivity index (χ1) is 13.2. The Kier molecular flexibility index (Phi) is 5.27. The molecule has 0 spiro atoms. The standard InChI is InChI=1S/C19H27N5O3/c1-22-7-5-15(6-8-22)24-19(20-18(21-24)16-4-3-10-27-16)14-12-17(25)23(13-14)9-11-26-2/h3-4,10,14-15H,5-9,11-13H2,1-2H3/t14-/m1/s1. The average molecular weight is 373 g/mol. The van der Waals surface area contributed by atoms with Crippen molar-refractivity contribution in [2.75, 3.05) is 46.9 Å². The molecule has 0 bridgehead atoms. The molecule has 2 aromatic rings. The molecule has 0 aromatic carbocycles. The lowest BCUT2D eigenvalue weighted by atomic mass is 10.0. The number of furan rings is 1. The van der Waals surface area contributed by atoms with Crippen LogP contribution in [0.2, 0.25) is 0 Å². The minimum Gasteiger partial charge on any atom is -0.461 e.